The Morgan fingerprint density at radius 1 is 1.24 bits per heavy atom. The third-order valence-corrected chi connectivity index (χ3v) is 3.25. The van der Waals surface area contributed by atoms with Gasteiger partial charge in [-0.3, -0.25) is 10.1 Å². The molecule has 1 aromatic heterocycles. The molecule has 0 aliphatic rings. The molecule has 0 spiro atoms. The van der Waals surface area contributed by atoms with Gasteiger partial charge in [-0.2, -0.15) is 0 Å². The minimum Gasteiger partial charge on any atom is -0.362 e. The van der Waals surface area contributed by atoms with Crippen LogP contribution in [-0.4, -0.2) is 35.4 Å². The lowest BCUT2D eigenvalue weighted by Crippen LogP contribution is -2.27. The first-order valence-corrected chi connectivity index (χ1v) is 6.64. The van der Waals surface area contributed by atoms with Gasteiger partial charge in [0.25, 0.3) is 0 Å². The molecule has 6 nitrogen and oxygen atoms in total. The van der Waals surface area contributed by atoms with Gasteiger partial charge in [0, 0.05) is 18.8 Å². The van der Waals surface area contributed by atoms with E-state index in [4.69, 9.17) is 0 Å². The SMILES string of the molecule is CN(C)[C@H](CNc1ncccc1[N+](=O)[O-])c1ccccc1. The third kappa shape index (κ3) is 3.76. The molecule has 1 N–H and O–H groups in total. The van der Waals surface area contributed by atoms with Gasteiger partial charge >= 0.3 is 5.69 Å². The van der Waals surface area contributed by atoms with Crippen molar-refractivity contribution in [1.82, 2.24) is 9.88 Å². The summed E-state index contributed by atoms with van der Waals surface area (Å²) in [7, 11) is 3.96. The van der Waals surface area contributed by atoms with E-state index in [1.807, 2.05) is 44.4 Å². The molecule has 6 heteroatoms. The Kier molecular flexibility index (Phi) is 4.84. The fraction of sp³-hybridized carbons (Fsp3) is 0.267. The monoisotopic (exact) mass is 286 g/mol. The highest BCUT2D eigenvalue weighted by Gasteiger charge is 2.18. The maximum Gasteiger partial charge on any atom is 0.311 e. The topological polar surface area (TPSA) is 71.3 Å². The Bertz CT molecular complexity index is 602. The first-order valence-electron chi connectivity index (χ1n) is 6.64. The zero-order valence-electron chi connectivity index (χ0n) is 12.1. The van der Waals surface area contributed by atoms with Gasteiger partial charge in [-0.15, -0.1) is 0 Å². The molecule has 1 heterocycles. The van der Waals surface area contributed by atoms with Crippen LogP contribution in [0.2, 0.25) is 0 Å². The van der Waals surface area contributed by atoms with Gasteiger partial charge in [0.2, 0.25) is 5.82 Å². The van der Waals surface area contributed by atoms with Crippen molar-refractivity contribution in [2.75, 3.05) is 26.0 Å². The largest absolute Gasteiger partial charge is 0.362 e. The number of nitrogens with one attached hydrogen (secondary N) is 1. The Hall–Kier alpha value is -2.47. The van der Waals surface area contributed by atoms with E-state index in [1.165, 1.54) is 6.07 Å². The Morgan fingerprint density at radius 3 is 2.57 bits per heavy atom. The summed E-state index contributed by atoms with van der Waals surface area (Å²) in [6.07, 6.45) is 1.54. The average molecular weight is 286 g/mol. The minimum absolute atomic E-state index is 0.0110. The zero-order chi connectivity index (χ0) is 15.2. The van der Waals surface area contributed by atoms with Crippen LogP contribution in [0.15, 0.2) is 48.7 Å². The Balaban J connectivity index is 2.15. The van der Waals surface area contributed by atoms with Crippen LogP contribution in [0.3, 0.4) is 0 Å². The van der Waals surface area contributed by atoms with Crippen molar-refractivity contribution in [1.29, 1.82) is 0 Å². The van der Waals surface area contributed by atoms with Gasteiger partial charge in [-0.1, -0.05) is 30.3 Å². The highest BCUT2D eigenvalue weighted by molar-refractivity contribution is 5.55. The normalized spacial score (nSPS) is 12.1. The summed E-state index contributed by atoms with van der Waals surface area (Å²) in [5.41, 5.74) is 1.14. The first-order chi connectivity index (χ1) is 10.1. The summed E-state index contributed by atoms with van der Waals surface area (Å²) in [4.78, 5) is 16.7. The lowest BCUT2D eigenvalue weighted by atomic mass is 10.1. The molecule has 2 rings (SSSR count). The van der Waals surface area contributed by atoms with Gasteiger partial charge < -0.3 is 10.2 Å². The molecule has 0 aliphatic heterocycles. The van der Waals surface area contributed by atoms with E-state index in [2.05, 4.69) is 15.2 Å². The number of hydrogen-bond donors (Lipinski definition) is 1. The molecule has 0 unspecified atom stereocenters. The maximum absolute atomic E-state index is 11.0. The molecule has 0 saturated carbocycles. The average Bonchev–Trinajstić information content (AvgIpc) is 2.48. The van der Waals surface area contributed by atoms with Crippen molar-refractivity contribution in [2.45, 2.75) is 6.04 Å². The number of benzene rings is 1. The molecule has 0 fully saturated rings. The van der Waals surface area contributed by atoms with Crippen LogP contribution in [0, 0.1) is 10.1 Å². The number of nitro groups is 1. The number of likely N-dealkylation sites (N-methyl/N-ethyl adjacent to an activating group) is 1. The van der Waals surface area contributed by atoms with Gasteiger partial charge in [-0.25, -0.2) is 4.98 Å². The Morgan fingerprint density at radius 2 is 1.95 bits per heavy atom. The van der Waals surface area contributed by atoms with Crippen LogP contribution in [0.25, 0.3) is 0 Å². The van der Waals surface area contributed by atoms with E-state index in [9.17, 15) is 10.1 Å². The summed E-state index contributed by atoms with van der Waals surface area (Å²) in [6, 6.07) is 13.1. The fourth-order valence-electron chi connectivity index (χ4n) is 2.15. The van der Waals surface area contributed by atoms with Gasteiger partial charge in [0.05, 0.1) is 11.0 Å². The van der Waals surface area contributed by atoms with Crippen molar-refractivity contribution in [3.63, 3.8) is 0 Å². The van der Waals surface area contributed by atoms with Crippen LogP contribution < -0.4 is 5.32 Å². The zero-order valence-corrected chi connectivity index (χ0v) is 12.1. The molecule has 0 bridgehead atoms. The fourth-order valence-corrected chi connectivity index (χ4v) is 2.15. The molecule has 1 atom stereocenters. The smallest absolute Gasteiger partial charge is 0.311 e. The molecule has 21 heavy (non-hydrogen) atoms. The molecule has 1 aromatic carbocycles. The predicted molar refractivity (Wildman–Crippen MR) is 82.3 cm³/mol. The highest BCUT2D eigenvalue weighted by Crippen LogP contribution is 2.23. The van der Waals surface area contributed by atoms with Crippen molar-refractivity contribution >= 4 is 11.5 Å². The van der Waals surface area contributed by atoms with E-state index in [0.717, 1.165) is 5.56 Å². The van der Waals surface area contributed by atoms with Crippen LogP contribution in [0.5, 0.6) is 0 Å². The van der Waals surface area contributed by atoms with Crippen LogP contribution >= 0.6 is 0 Å². The number of rotatable bonds is 6. The van der Waals surface area contributed by atoms with Crippen molar-refractivity contribution in [3.05, 3.63) is 64.3 Å². The Labute approximate surface area is 123 Å². The van der Waals surface area contributed by atoms with Crippen molar-refractivity contribution < 1.29 is 4.92 Å². The number of aromatic nitrogens is 1. The lowest BCUT2D eigenvalue weighted by Gasteiger charge is -2.25. The first kappa shape index (κ1) is 14.9. The lowest BCUT2D eigenvalue weighted by molar-refractivity contribution is -0.384. The number of nitrogens with zero attached hydrogens (tertiary/aromatic N) is 3. The van der Waals surface area contributed by atoms with E-state index in [0.29, 0.717) is 12.4 Å². The van der Waals surface area contributed by atoms with Crippen LogP contribution in [0.4, 0.5) is 11.5 Å². The maximum atomic E-state index is 11.0. The number of pyridine rings is 1. The van der Waals surface area contributed by atoms with Crippen LogP contribution in [-0.2, 0) is 0 Å². The predicted octanol–water partition coefficient (Wildman–Crippen LogP) is 2.70. The number of anilines is 1. The van der Waals surface area contributed by atoms with Crippen molar-refractivity contribution in [2.24, 2.45) is 0 Å². The molecule has 110 valence electrons. The minimum atomic E-state index is -0.428. The number of hydrogen-bond acceptors (Lipinski definition) is 5. The standard InChI is InChI=1S/C15H18N4O2/c1-18(2)14(12-7-4-3-5-8-12)11-17-15-13(19(20)21)9-6-10-16-15/h3-10,14H,11H2,1-2H3,(H,16,17)/t14-/m1/s1. The molecular formula is C15H18N4O2. The van der Waals surface area contributed by atoms with E-state index in [1.54, 1.807) is 12.3 Å². The van der Waals surface area contributed by atoms with E-state index < -0.39 is 4.92 Å². The quantitative estimate of drug-likeness (QED) is 0.653. The summed E-state index contributed by atoms with van der Waals surface area (Å²) in [5, 5.41) is 14.1. The van der Waals surface area contributed by atoms with Gasteiger partial charge in [0.15, 0.2) is 0 Å². The van der Waals surface area contributed by atoms with Gasteiger partial charge in [0.1, 0.15) is 0 Å². The summed E-state index contributed by atoms with van der Waals surface area (Å²) < 4.78 is 0. The second-order valence-electron chi connectivity index (χ2n) is 4.90. The molecule has 0 radical (unpaired) electrons. The van der Waals surface area contributed by atoms with Crippen LogP contribution in [0.1, 0.15) is 11.6 Å². The summed E-state index contributed by atoms with van der Waals surface area (Å²) in [6.45, 7) is 0.537. The molecule has 2 aromatic rings. The van der Waals surface area contributed by atoms with Crippen molar-refractivity contribution in [3.8, 4) is 0 Å². The highest BCUT2D eigenvalue weighted by atomic mass is 16.6. The summed E-state index contributed by atoms with van der Waals surface area (Å²) in [5.74, 6) is 0.297. The summed E-state index contributed by atoms with van der Waals surface area (Å²) >= 11 is 0. The van der Waals surface area contributed by atoms with Gasteiger partial charge in [-0.05, 0) is 25.7 Å². The third-order valence-electron chi connectivity index (χ3n) is 3.25. The second-order valence-corrected chi connectivity index (χ2v) is 4.90. The van der Waals surface area contributed by atoms with E-state index >= 15 is 0 Å². The molecule has 0 aliphatic carbocycles. The molecule has 0 amide bonds. The van der Waals surface area contributed by atoms with E-state index in [-0.39, 0.29) is 11.7 Å². The molecular weight excluding hydrogens is 268 g/mol. The second kappa shape index (κ2) is 6.81. The molecule has 0 saturated heterocycles.